The fourth-order valence-electron chi connectivity index (χ4n) is 2.21. The van der Waals surface area contributed by atoms with Gasteiger partial charge in [-0.05, 0) is 12.8 Å². The lowest BCUT2D eigenvalue weighted by atomic mass is 10.1. The molecule has 3 heteroatoms. The summed E-state index contributed by atoms with van der Waals surface area (Å²) in [6.45, 7) is 4.16. The van der Waals surface area contributed by atoms with Gasteiger partial charge in [0.15, 0.2) is 0 Å². The minimum atomic E-state index is -0.365. The van der Waals surface area contributed by atoms with Crippen LogP contribution in [0.25, 0.3) is 0 Å². The molecule has 2 nitrogen and oxygen atoms in total. The van der Waals surface area contributed by atoms with Gasteiger partial charge >= 0.3 is 0 Å². The maximum atomic E-state index is 9.55. The van der Waals surface area contributed by atoms with Crippen LogP contribution in [-0.4, -0.2) is 48.8 Å². The third-order valence-electron chi connectivity index (χ3n) is 3.25. The SMILES string of the molecule is CCCCCCCCC[N+](C)(C)CC(O)CCl. The second-order valence-corrected chi connectivity index (χ2v) is 6.08. The van der Waals surface area contributed by atoms with Crippen molar-refractivity contribution in [2.24, 2.45) is 0 Å². The van der Waals surface area contributed by atoms with E-state index in [0.717, 1.165) is 17.6 Å². The van der Waals surface area contributed by atoms with Crippen LogP contribution in [0.15, 0.2) is 0 Å². The van der Waals surface area contributed by atoms with Crippen LogP contribution < -0.4 is 0 Å². The predicted molar refractivity (Wildman–Crippen MR) is 76.6 cm³/mol. The van der Waals surface area contributed by atoms with Gasteiger partial charge in [0, 0.05) is 0 Å². The zero-order valence-corrected chi connectivity index (χ0v) is 12.7. The highest BCUT2D eigenvalue weighted by Crippen LogP contribution is 2.10. The second-order valence-electron chi connectivity index (χ2n) is 5.77. The number of halogens is 1. The van der Waals surface area contributed by atoms with E-state index in [0.29, 0.717) is 5.88 Å². The smallest absolute Gasteiger partial charge is 0.116 e. The van der Waals surface area contributed by atoms with Crippen molar-refractivity contribution < 1.29 is 9.59 Å². The molecule has 1 N–H and O–H groups in total. The maximum absolute atomic E-state index is 9.55. The van der Waals surface area contributed by atoms with E-state index in [2.05, 4.69) is 21.0 Å². The van der Waals surface area contributed by atoms with Crippen LogP contribution >= 0.6 is 11.6 Å². The van der Waals surface area contributed by atoms with E-state index in [4.69, 9.17) is 11.6 Å². The van der Waals surface area contributed by atoms with E-state index in [1.807, 2.05) is 0 Å². The number of quaternary nitrogens is 1. The molecule has 1 unspecified atom stereocenters. The van der Waals surface area contributed by atoms with E-state index >= 15 is 0 Å². The van der Waals surface area contributed by atoms with Gasteiger partial charge in [-0.15, -0.1) is 11.6 Å². The van der Waals surface area contributed by atoms with Crippen LogP contribution in [0.5, 0.6) is 0 Å². The Morgan fingerprint density at radius 2 is 1.53 bits per heavy atom. The molecule has 0 aromatic heterocycles. The van der Waals surface area contributed by atoms with Crippen molar-refractivity contribution in [3.63, 3.8) is 0 Å². The van der Waals surface area contributed by atoms with Gasteiger partial charge in [-0.1, -0.05) is 39.0 Å². The quantitative estimate of drug-likeness (QED) is 0.344. The molecular formula is C14H31ClNO+. The van der Waals surface area contributed by atoms with Gasteiger partial charge in [-0.25, -0.2) is 0 Å². The summed E-state index contributed by atoms with van der Waals surface area (Å²) < 4.78 is 0.878. The fourth-order valence-corrected chi connectivity index (χ4v) is 2.31. The van der Waals surface area contributed by atoms with E-state index in [1.165, 1.54) is 44.9 Å². The number of aliphatic hydroxyl groups is 1. The number of hydrogen-bond acceptors (Lipinski definition) is 1. The zero-order chi connectivity index (χ0) is 13.1. The molecule has 0 aromatic rings. The molecule has 0 aliphatic carbocycles. The summed E-state index contributed by atoms with van der Waals surface area (Å²) in [5.41, 5.74) is 0. The van der Waals surface area contributed by atoms with Gasteiger partial charge < -0.3 is 9.59 Å². The van der Waals surface area contributed by atoms with Gasteiger partial charge in [-0.3, -0.25) is 0 Å². The summed E-state index contributed by atoms with van der Waals surface area (Å²) in [5, 5.41) is 9.55. The number of rotatable bonds is 11. The molecule has 0 heterocycles. The van der Waals surface area contributed by atoms with Crippen LogP contribution in [0.3, 0.4) is 0 Å². The molecule has 0 spiro atoms. The number of unbranched alkanes of at least 4 members (excludes halogenated alkanes) is 6. The Bertz CT molecular complexity index is 174. The van der Waals surface area contributed by atoms with E-state index in [1.54, 1.807) is 0 Å². The summed E-state index contributed by atoms with van der Waals surface area (Å²) in [5.74, 6) is 0.346. The molecule has 0 bridgehead atoms. The minimum absolute atomic E-state index is 0.346. The van der Waals surface area contributed by atoms with E-state index in [9.17, 15) is 5.11 Å². The lowest BCUT2D eigenvalue weighted by molar-refractivity contribution is -0.893. The standard InChI is InChI=1S/C14H31ClNO/c1-4-5-6-7-8-9-10-11-16(2,3)13-14(17)12-15/h14,17H,4-13H2,1-3H3/q+1. The van der Waals surface area contributed by atoms with Gasteiger partial charge in [-0.2, -0.15) is 0 Å². The van der Waals surface area contributed by atoms with Crippen LogP contribution in [0.2, 0.25) is 0 Å². The third kappa shape index (κ3) is 11.1. The molecule has 0 aromatic carbocycles. The molecule has 17 heavy (non-hydrogen) atoms. The summed E-state index contributed by atoms with van der Waals surface area (Å²) in [4.78, 5) is 0. The molecule has 0 aliphatic heterocycles. The Kier molecular flexibility index (Phi) is 10.3. The van der Waals surface area contributed by atoms with E-state index in [-0.39, 0.29) is 6.10 Å². The Morgan fingerprint density at radius 1 is 1.00 bits per heavy atom. The van der Waals surface area contributed by atoms with Gasteiger partial charge in [0.1, 0.15) is 12.6 Å². The average Bonchev–Trinajstić information content (AvgIpc) is 2.27. The molecule has 0 saturated heterocycles. The van der Waals surface area contributed by atoms with E-state index < -0.39 is 0 Å². The first kappa shape index (κ1) is 17.2. The van der Waals surface area contributed by atoms with Crippen LogP contribution in [-0.2, 0) is 0 Å². The Labute approximate surface area is 113 Å². The van der Waals surface area contributed by atoms with Crippen LogP contribution in [0.1, 0.15) is 51.9 Å². The largest absolute Gasteiger partial charge is 0.386 e. The molecule has 0 radical (unpaired) electrons. The first-order chi connectivity index (χ1) is 8.02. The van der Waals surface area contributed by atoms with Crippen molar-refractivity contribution >= 4 is 11.6 Å². The van der Waals surface area contributed by atoms with Crippen molar-refractivity contribution in [1.82, 2.24) is 0 Å². The highest BCUT2D eigenvalue weighted by atomic mass is 35.5. The Hall–Kier alpha value is 0.210. The Morgan fingerprint density at radius 3 is 2.06 bits per heavy atom. The molecule has 0 amide bonds. The summed E-state index contributed by atoms with van der Waals surface area (Å²) in [7, 11) is 4.35. The molecule has 104 valence electrons. The summed E-state index contributed by atoms with van der Waals surface area (Å²) in [6.07, 6.45) is 9.04. The third-order valence-corrected chi connectivity index (χ3v) is 3.61. The zero-order valence-electron chi connectivity index (χ0n) is 11.9. The van der Waals surface area contributed by atoms with Crippen LogP contribution in [0, 0.1) is 0 Å². The van der Waals surface area contributed by atoms with Crippen molar-refractivity contribution in [1.29, 1.82) is 0 Å². The fraction of sp³-hybridized carbons (Fsp3) is 1.00. The number of nitrogens with zero attached hydrogens (tertiary/aromatic N) is 1. The van der Waals surface area contributed by atoms with Crippen molar-refractivity contribution in [3.05, 3.63) is 0 Å². The number of alkyl halides is 1. The minimum Gasteiger partial charge on any atom is -0.386 e. The van der Waals surface area contributed by atoms with Crippen molar-refractivity contribution in [2.75, 3.05) is 33.1 Å². The number of aliphatic hydroxyl groups excluding tert-OH is 1. The second kappa shape index (κ2) is 10.2. The lowest BCUT2D eigenvalue weighted by Crippen LogP contribution is -2.46. The first-order valence-electron chi connectivity index (χ1n) is 7.08. The first-order valence-corrected chi connectivity index (χ1v) is 7.61. The van der Waals surface area contributed by atoms with Crippen molar-refractivity contribution in [3.8, 4) is 0 Å². The normalized spacial score (nSPS) is 13.9. The summed E-state index contributed by atoms with van der Waals surface area (Å²) in [6, 6.07) is 0. The number of hydrogen-bond donors (Lipinski definition) is 1. The monoisotopic (exact) mass is 264 g/mol. The average molecular weight is 265 g/mol. The molecule has 0 rings (SSSR count). The highest BCUT2D eigenvalue weighted by molar-refractivity contribution is 6.18. The lowest BCUT2D eigenvalue weighted by Gasteiger charge is -2.31. The topological polar surface area (TPSA) is 20.2 Å². The summed E-state index contributed by atoms with van der Waals surface area (Å²) >= 11 is 5.63. The van der Waals surface area contributed by atoms with Crippen molar-refractivity contribution in [2.45, 2.75) is 58.0 Å². The van der Waals surface area contributed by atoms with Gasteiger partial charge in [0.05, 0.1) is 26.5 Å². The molecular weight excluding hydrogens is 234 g/mol. The molecule has 0 saturated carbocycles. The predicted octanol–water partition coefficient (Wildman–Crippen LogP) is 3.41. The molecule has 0 aliphatic rings. The number of likely N-dealkylation sites (N-methyl/N-ethyl adjacent to an activating group) is 1. The highest BCUT2D eigenvalue weighted by Gasteiger charge is 2.19. The molecule has 0 fully saturated rings. The van der Waals surface area contributed by atoms with Crippen LogP contribution in [0.4, 0.5) is 0 Å². The van der Waals surface area contributed by atoms with Gasteiger partial charge in [0.25, 0.3) is 0 Å². The molecule has 1 atom stereocenters. The Balaban J connectivity index is 3.45. The maximum Gasteiger partial charge on any atom is 0.116 e. The van der Waals surface area contributed by atoms with Gasteiger partial charge in [0.2, 0.25) is 0 Å².